The first-order chi connectivity index (χ1) is 7.31. The van der Waals surface area contributed by atoms with E-state index in [-0.39, 0.29) is 5.60 Å². The Labute approximate surface area is 91.1 Å². The lowest BCUT2D eigenvalue weighted by Crippen LogP contribution is -2.16. The van der Waals surface area contributed by atoms with Gasteiger partial charge in [-0.2, -0.15) is 0 Å². The lowest BCUT2D eigenvalue weighted by molar-refractivity contribution is 0.0970. The van der Waals surface area contributed by atoms with Gasteiger partial charge in [0, 0.05) is 0 Å². The third kappa shape index (κ3) is 1.50. The van der Waals surface area contributed by atoms with Crippen molar-refractivity contribution in [3.05, 3.63) is 35.9 Å². The van der Waals surface area contributed by atoms with Crippen molar-refractivity contribution < 1.29 is 5.11 Å². The van der Waals surface area contributed by atoms with Crippen LogP contribution in [0.2, 0.25) is 0 Å². The molecule has 0 aromatic heterocycles. The van der Waals surface area contributed by atoms with Crippen LogP contribution >= 0.6 is 0 Å². The molecule has 80 valence electrons. The van der Waals surface area contributed by atoms with Gasteiger partial charge in [0.15, 0.2) is 0 Å². The minimum Gasteiger partial charge on any atom is -0.389 e. The quantitative estimate of drug-likeness (QED) is 0.799. The molecule has 2 aliphatic carbocycles. The van der Waals surface area contributed by atoms with Crippen LogP contribution in [0.5, 0.6) is 0 Å². The van der Waals surface area contributed by atoms with Crippen molar-refractivity contribution in [2.75, 3.05) is 0 Å². The average molecular weight is 202 g/mol. The van der Waals surface area contributed by atoms with Gasteiger partial charge in [-0.05, 0) is 43.1 Å². The number of hydrogen-bond acceptors (Lipinski definition) is 1. The first-order valence-electron chi connectivity index (χ1n) is 6.07. The lowest BCUT2D eigenvalue weighted by Gasteiger charge is -2.13. The molecule has 1 nitrogen and oxygen atoms in total. The highest BCUT2D eigenvalue weighted by Gasteiger charge is 2.64. The molecule has 0 saturated heterocycles. The SMILES string of the molecule is OC1(CCc2ccccc2)C2CCCC21. The maximum absolute atomic E-state index is 10.4. The first kappa shape index (κ1) is 9.41. The number of aliphatic hydroxyl groups is 1. The van der Waals surface area contributed by atoms with Gasteiger partial charge >= 0.3 is 0 Å². The fraction of sp³-hybridized carbons (Fsp3) is 0.571. The fourth-order valence-corrected chi connectivity index (χ4v) is 3.41. The van der Waals surface area contributed by atoms with Crippen LogP contribution in [0.15, 0.2) is 30.3 Å². The molecule has 1 aromatic carbocycles. The molecule has 0 spiro atoms. The summed E-state index contributed by atoms with van der Waals surface area (Å²) in [5, 5.41) is 10.4. The normalized spacial score (nSPS) is 37.7. The second-order valence-corrected chi connectivity index (χ2v) is 5.12. The van der Waals surface area contributed by atoms with E-state index in [2.05, 4.69) is 24.3 Å². The first-order valence-corrected chi connectivity index (χ1v) is 6.07. The van der Waals surface area contributed by atoms with Crippen LogP contribution in [0, 0.1) is 11.8 Å². The van der Waals surface area contributed by atoms with Gasteiger partial charge in [-0.15, -0.1) is 0 Å². The van der Waals surface area contributed by atoms with Crippen LogP contribution in [-0.4, -0.2) is 10.7 Å². The van der Waals surface area contributed by atoms with Crippen LogP contribution in [0.25, 0.3) is 0 Å². The van der Waals surface area contributed by atoms with Crippen molar-refractivity contribution in [1.82, 2.24) is 0 Å². The number of hydrogen-bond donors (Lipinski definition) is 1. The van der Waals surface area contributed by atoms with Crippen LogP contribution < -0.4 is 0 Å². The second-order valence-electron chi connectivity index (χ2n) is 5.12. The number of rotatable bonds is 3. The van der Waals surface area contributed by atoms with E-state index in [9.17, 15) is 5.11 Å². The average Bonchev–Trinajstić information content (AvgIpc) is 2.71. The summed E-state index contributed by atoms with van der Waals surface area (Å²) in [6, 6.07) is 10.5. The molecule has 0 amide bonds. The van der Waals surface area contributed by atoms with E-state index < -0.39 is 0 Å². The molecule has 2 aliphatic rings. The fourth-order valence-electron chi connectivity index (χ4n) is 3.41. The van der Waals surface area contributed by atoms with Gasteiger partial charge in [-0.1, -0.05) is 36.8 Å². The Hall–Kier alpha value is -0.820. The highest BCUT2D eigenvalue weighted by atomic mass is 16.3. The van der Waals surface area contributed by atoms with Gasteiger partial charge in [-0.3, -0.25) is 0 Å². The predicted octanol–water partition coefficient (Wildman–Crippen LogP) is 2.78. The van der Waals surface area contributed by atoms with E-state index in [1.807, 2.05) is 6.07 Å². The lowest BCUT2D eigenvalue weighted by atomic mass is 9.99. The van der Waals surface area contributed by atoms with E-state index in [0.717, 1.165) is 12.8 Å². The summed E-state index contributed by atoms with van der Waals surface area (Å²) in [4.78, 5) is 0. The topological polar surface area (TPSA) is 20.2 Å². The van der Waals surface area contributed by atoms with E-state index >= 15 is 0 Å². The van der Waals surface area contributed by atoms with Gasteiger partial charge in [0.1, 0.15) is 0 Å². The molecule has 0 bridgehead atoms. The zero-order valence-corrected chi connectivity index (χ0v) is 9.02. The monoisotopic (exact) mass is 202 g/mol. The Balaban J connectivity index is 1.60. The molecule has 1 aromatic rings. The predicted molar refractivity (Wildman–Crippen MR) is 60.5 cm³/mol. The largest absolute Gasteiger partial charge is 0.389 e. The molecule has 0 radical (unpaired) electrons. The summed E-state index contributed by atoms with van der Waals surface area (Å²) in [5.41, 5.74) is 1.07. The number of benzene rings is 1. The summed E-state index contributed by atoms with van der Waals surface area (Å²) < 4.78 is 0. The van der Waals surface area contributed by atoms with Crippen molar-refractivity contribution in [2.24, 2.45) is 11.8 Å². The molecular weight excluding hydrogens is 184 g/mol. The maximum atomic E-state index is 10.4. The summed E-state index contributed by atoms with van der Waals surface area (Å²) in [7, 11) is 0. The molecule has 3 rings (SSSR count). The summed E-state index contributed by atoms with van der Waals surface area (Å²) >= 11 is 0. The van der Waals surface area contributed by atoms with E-state index in [0.29, 0.717) is 11.8 Å². The summed E-state index contributed by atoms with van der Waals surface area (Å²) in [6.07, 6.45) is 5.85. The van der Waals surface area contributed by atoms with E-state index in [4.69, 9.17) is 0 Å². The molecule has 1 N–H and O–H groups in total. The number of aryl methyl sites for hydroxylation is 1. The van der Waals surface area contributed by atoms with E-state index in [1.165, 1.54) is 24.8 Å². The van der Waals surface area contributed by atoms with Gasteiger partial charge < -0.3 is 5.11 Å². The Kier molecular flexibility index (Phi) is 2.10. The Morgan fingerprint density at radius 3 is 2.47 bits per heavy atom. The standard InChI is InChI=1S/C14H18O/c15-14(12-7-4-8-13(12)14)10-9-11-5-2-1-3-6-11/h1-3,5-6,12-13,15H,4,7-10H2. The molecule has 2 unspecified atom stereocenters. The maximum Gasteiger partial charge on any atom is 0.0714 e. The molecule has 2 fully saturated rings. The Morgan fingerprint density at radius 2 is 1.80 bits per heavy atom. The van der Waals surface area contributed by atoms with Crippen molar-refractivity contribution in [2.45, 2.75) is 37.7 Å². The van der Waals surface area contributed by atoms with Crippen molar-refractivity contribution >= 4 is 0 Å². The van der Waals surface area contributed by atoms with Crippen molar-refractivity contribution in [1.29, 1.82) is 0 Å². The second kappa shape index (κ2) is 3.34. The highest BCUT2D eigenvalue weighted by molar-refractivity contribution is 5.19. The van der Waals surface area contributed by atoms with Crippen LogP contribution in [0.3, 0.4) is 0 Å². The van der Waals surface area contributed by atoms with Crippen molar-refractivity contribution in [3.63, 3.8) is 0 Å². The smallest absolute Gasteiger partial charge is 0.0714 e. The minimum atomic E-state index is -0.284. The van der Waals surface area contributed by atoms with Crippen LogP contribution in [0.4, 0.5) is 0 Å². The molecule has 0 heterocycles. The van der Waals surface area contributed by atoms with Gasteiger partial charge in [0.25, 0.3) is 0 Å². The van der Waals surface area contributed by atoms with E-state index in [1.54, 1.807) is 0 Å². The van der Waals surface area contributed by atoms with Gasteiger partial charge in [-0.25, -0.2) is 0 Å². The van der Waals surface area contributed by atoms with Crippen LogP contribution in [0.1, 0.15) is 31.2 Å². The highest BCUT2D eigenvalue weighted by Crippen LogP contribution is 2.62. The Bertz CT molecular complexity index is 334. The molecule has 15 heavy (non-hydrogen) atoms. The third-order valence-corrected chi connectivity index (χ3v) is 4.35. The molecule has 2 saturated carbocycles. The minimum absolute atomic E-state index is 0.284. The van der Waals surface area contributed by atoms with Gasteiger partial charge in [0.05, 0.1) is 5.60 Å². The van der Waals surface area contributed by atoms with Crippen molar-refractivity contribution in [3.8, 4) is 0 Å². The zero-order valence-electron chi connectivity index (χ0n) is 9.02. The molecule has 1 heteroatoms. The molecule has 0 aliphatic heterocycles. The molecular formula is C14H18O. The summed E-state index contributed by atoms with van der Waals surface area (Å²) in [5.74, 6) is 1.28. The summed E-state index contributed by atoms with van der Waals surface area (Å²) in [6.45, 7) is 0. The third-order valence-electron chi connectivity index (χ3n) is 4.35. The molecule has 2 atom stereocenters. The Morgan fingerprint density at radius 1 is 1.13 bits per heavy atom. The van der Waals surface area contributed by atoms with Gasteiger partial charge in [0.2, 0.25) is 0 Å². The van der Waals surface area contributed by atoms with Crippen LogP contribution in [-0.2, 0) is 6.42 Å². The zero-order chi connectivity index (χ0) is 10.3. The number of fused-ring (bicyclic) bond motifs is 1.